The van der Waals surface area contributed by atoms with E-state index in [1.807, 2.05) is 6.92 Å². The molecule has 1 atom stereocenters. The Bertz CT molecular complexity index is 1200. The lowest BCUT2D eigenvalue weighted by Crippen LogP contribution is -2.36. The van der Waals surface area contributed by atoms with Crippen LogP contribution in [-0.2, 0) is 24.1 Å². The minimum atomic E-state index is -0.790. The fourth-order valence-electron chi connectivity index (χ4n) is 4.13. The summed E-state index contributed by atoms with van der Waals surface area (Å²) in [5, 5.41) is 11.5. The van der Waals surface area contributed by atoms with Crippen molar-refractivity contribution in [2.45, 2.75) is 51.5 Å². The normalized spacial score (nSPS) is 14.4. The molecule has 0 fully saturated rings. The number of thiophene rings is 1. The van der Waals surface area contributed by atoms with Gasteiger partial charge in [-0.15, -0.1) is 11.3 Å². The van der Waals surface area contributed by atoms with Crippen LogP contribution < -0.4 is 11.3 Å². The van der Waals surface area contributed by atoms with E-state index >= 15 is 0 Å². The number of nitro groups is 1. The molecule has 0 bridgehead atoms. The Morgan fingerprint density at radius 2 is 2.00 bits per heavy atom. The van der Waals surface area contributed by atoms with E-state index in [0.29, 0.717) is 22.5 Å². The van der Waals surface area contributed by atoms with Crippen molar-refractivity contribution in [3.8, 4) is 0 Å². The molecule has 4 rings (SSSR count). The summed E-state index contributed by atoms with van der Waals surface area (Å²) in [6.45, 7) is 1.81. The fourth-order valence-corrected chi connectivity index (χ4v) is 5.41. The number of aryl methyl sites for hydroxylation is 2. The van der Waals surface area contributed by atoms with Gasteiger partial charge in [-0.2, -0.15) is 0 Å². The molecule has 1 aromatic carbocycles. The fraction of sp³-hybridized carbons (Fsp3) is 0.381. The number of benzene rings is 1. The summed E-state index contributed by atoms with van der Waals surface area (Å²) in [6, 6.07) is 5.34. The zero-order chi connectivity index (χ0) is 21.4. The van der Waals surface area contributed by atoms with E-state index in [-0.39, 0.29) is 17.7 Å². The van der Waals surface area contributed by atoms with Gasteiger partial charge in [0.1, 0.15) is 16.7 Å². The number of nitro benzene ring substituents is 1. The third-order valence-electron chi connectivity index (χ3n) is 5.63. The molecule has 1 aliphatic carbocycles. The number of primary amides is 1. The van der Waals surface area contributed by atoms with Crippen molar-refractivity contribution >= 4 is 33.1 Å². The molecule has 9 heteroatoms. The molecule has 3 aromatic rings. The number of hydrogen-bond acceptors (Lipinski definition) is 6. The van der Waals surface area contributed by atoms with Gasteiger partial charge in [-0.25, -0.2) is 4.98 Å². The standard InChI is InChI=1S/C21H22N4O4S/c1-2-15(19(22)26)24-17(11-12-7-9-13(10-8-12)25(28)29)23-20-18(21(24)27)14-5-3-4-6-16(14)30-20/h7-10,15H,2-6,11H2,1H3,(H2,22,26). The first-order valence-corrected chi connectivity index (χ1v) is 10.8. The number of carbonyl (C=O) groups is 1. The maximum atomic E-state index is 13.6. The average Bonchev–Trinajstić information content (AvgIpc) is 3.09. The molecule has 0 saturated carbocycles. The highest BCUT2D eigenvalue weighted by Gasteiger charge is 2.26. The molecular weight excluding hydrogens is 404 g/mol. The van der Waals surface area contributed by atoms with Crippen LogP contribution in [0.15, 0.2) is 29.1 Å². The summed E-state index contributed by atoms with van der Waals surface area (Å²) in [5.41, 5.74) is 7.22. The molecular formula is C21H22N4O4S. The molecule has 0 aliphatic heterocycles. The molecule has 8 nitrogen and oxygen atoms in total. The Kier molecular flexibility index (Phi) is 5.38. The first-order valence-electron chi connectivity index (χ1n) is 9.99. The van der Waals surface area contributed by atoms with Crippen LogP contribution in [0.1, 0.15) is 54.1 Å². The second-order valence-corrected chi connectivity index (χ2v) is 8.60. The maximum Gasteiger partial charge on any atom is 0.269 e. The Morgan fingerprint density at radius 3 is 2.63 bits per heavy atom. The van der Waals surface area contributed by atoms with Crippen molar-refractivity contribution in [1.29, 1.82) is 0 Å². The molecule has 156 valence electrons. The number of carbonyl (C=O) groups excluding carboxylic acids is 1. The van der Waals surface area contributed by atoms with Crippen LogP contribution in [0.25, 0.3) is 10.2 Å². The highest BCUT2D eigenvalue weighted by atomic mass is 32.1. The summed E-state index contributed by atoms with van der Waals surface area (Å²) in [5.74, 6) is -0.125. The zero-order valence-electron chi connectivity index (χ0n) is 16.6. The summed E-state index contributed by atoms with van der Waals surface area (Å²) < 4.78 is 1.44. The Balaban J connectivity index is 1.89. The van der Waals surface area contributed by atoms with E-state index in [1.54, 1.807) is 23.5 Å². The molecule has 1 aliphatic rings. The van der Waals surface area contributed by atoms with Gasteiger partial charge in [-0.05, 0) is 43.2 Å². The molecule has 30 heavy (non-hydrogen) atoms. The van der Waals surface area contributed by atoms with Crippen LogP contribution in [-0.4, -0.2) is 20.4 Å². The van der Waals surface area contributed by atoms with Crippen molar-refractivity contribution in [3.63, 3.8) is 0 Å². The number of rotatable bonds is 6. The van der Waals surface area contributed by atoms with E-state index in [2.05, 4.69) is 0 Å². The predicted molar refractivity (Wildman–Crippen MR) is 115 cm³/mol. The van der Waals surface area contributed by atoms with E-state index in [9.17, 15) is 19.7 Å². The van der Waals surface area contributed by atoms with Crippen molar-refractivity contribution in [2.75, 3.05) is 0 Å². The quantitative estimate of drug-likeness (QED) is 0.479. The van der Waals surface area contributed by atoms with Crippen LogP contribution in [0.3, 0.4) is 0 Å². The Labute approximate surface area is 176 Å². The third-order valence-corrected chi connectivity index (χ3v) is 6.82. The minimum absolute atomic E-state index is 0.00551. The lowest BCUT2D eigenvalue weighted by atomic mass is 9.97. The molecule has 2 N–H and O–H groups in total. The topological polar surface area (TPSA) is 121 Å². The number of fused-ring (bicyclic) bond motifs is 3. The molecule has 0 radical (unpaired) electrons. The third kappa shape index (κ3) is 3.49. The lowest BCUT2D eigenvalue weighted by molar-refractivity contribution is -0.384. The number of hydrogen-bond donors (Lipinski definition) is 1. The second-order valence-electron chi connectivity index (χ2n) is 7.52. The van der Waals surface area contributed by atoms with Crippen LogP contribution in [0.4, 0.5) is 5.69 Å². The molecule has 1 amide bonds. The van der Waals surface area contributed by atoms with Crippen molar-refractivity contribution in [3.05, 3.63) is 66.6 Å². The van der Waals surface area contributed by atoms with E-state index in [4.69, 9.17) is 10.7 Å². The van der Waals surface area contributed by atoms with Crippen LogP contribution in [0.5, 0.6) is 0 Å². The van der Waals surface area contributed by atoms with Crippen LogP contribution >= 0.6 is 11.3 Å². The van der Waals surface area contributed by atoms with Crippen LogP contribution in [0, 0.1) is 10.1 Å². The molecule has 2 aromatic heterocycles. The SMILES string of the molecule is CCC(C(N)=O)n1c(Cc2ccc([N+](=O)[O-])cc2)nc2sc3c(c2c1=O)CCCC3. The van der Waals surface area contributed by atoms with Gasteiger partial charge in [0, 0.05) is 23.4 Å². The predicted octanol–water partition coefficient (Wildman–Crippen LogP) is 3.27. The molecule has 1 unspecified atom stereocenters. The molecule has 0 saturated heterocycles. The van der Waals surface area contributed by atoms with Gasteiger partial charge in [0.15, 0.2) is 0 Å². The van der Waals surface area contributed by atoms with Gasteiger partial charge < -0.3 is 5.73 Å². The highest BCUT2D eigenvalue weighted by Crippen LogP contribution is 2.34. The van der Waals surface area contributed by atoms with E-state index in [1.165, 1.54) is 21.6 Å². The highest BCUT2D eigenvalue weighted by molar-refractivity contribution is 7.18. The lowest BCUT2D eigenvalue weighted by Gasteiger charge is -2.19. The maximum absolute atomic E-state index is 13.6. The first kappa shape index (κ1) is 20.2. The summed E-state index contributed by atoms with van der Waals surface area (Å²) in [4.78, 5) is 42.8. The van der Waals surface area contributed by atoms with Gasteiger partial charge in [-0.3, -0.25) is 24.3 Å². The smallest absolute Gasteiger partial charge is 0.269 e. The second kappa shape index (κ2) is 7.98. The number of non-ortho nitro benzene ring substituents is 1. The van der Waals surface area contributed by atoms with Gasteiger partial charge in [0.25, 0.3) is 11.2 Å². The largest absolute Gasteiger partial charge is 0.368 e. The average molecular weight is 426 g/mol. The number of aromatic nitrogens is 2. The first-order chi connectivity index (χ1) is 14.4. The Morgan fingerprint density at radius 1 is 1.30 bits per heavy atom. The monoisotopic (exact) mass is 426 g/mol. The molecule has 0 spiro atoms. The summed E-state index contributed by atoms with van der Waals surface area (Å²) in [6.07, 6.45) is 4.58. The summed E-state index contributed by atoms with van der Waals surface area (Å²) >= 11 is 1.55. The molecule has 2 heterocycles. The van der Waals surface area contributed by atoms with Crippen molar-refractivity contribution < 1.29 is 9.72 Å². The number of amides is 1. The van der Waals surface area contributed by atoms with Gasteiger partial charge in [0.05, 0.1) is 10.3 Å². The minimum Gasteiger partial charge on any atom is -0.368 e. The van der Waals surface area contributed by atoms with Gasteiger partial charge in [0.2, 0.25) is 5.91 Å². The van der Waals surface area contributed by atoms with Gasteiger partial charge >= 0.3 is 0 Å². The van der Waals surface area contributed by atoms with E-state index in [0.717, 1.165) is 36.8 Å². The number of nitrogens with zero attached hydrogens (tertiary/aromatic N) is 3. The Hall–Kier alpha value is -3.07. The van der Waals surface area contributed by atoms with E-state index < -0.39 is 16.9 Å². The van der Waals surface area contributed by atoms with Crippen LogP contribution in [0.2, 0.25) is 0 Å². The number of nitrogens with two attached hydrogens (primary N) is 1. The van der Waals surface area contributed by atoms with Crippen molar-refractivity contribution in [1.82, 2.24) is 9.55 Å². The van der Waals surface area contributed by atoms with Gasteiger partial charge in [-0.1, -0.05) is 19.1 Å². The zero-order valence-corrected chi connectivity index (χ0v) is 17.4. The van der Waals surface area contributed by atoms with Crippen molar-refractivity contribution in [2.24, 2.45) is 5.73 Å². The summed E-state index contributed by atoms with van der Waals surface area (Å²) in [7, 11) is 0.